The highest BCUT2D eigenvalue weighted by molar-refractivity contribution is 6.52. The van der Waals surface area contributed by atoms with Crippen LogP contribution in [0, 0.1) is 11.8 Å². The lowest BCUT2D eigenvalue weighted by Crippen LogP contribution is -2.37. The second-order valence-electron chi connectivity index (χ2n) is 8.40. The zero-order valence-electron chi connectivity index (χ0n) is 15.4. The van der Waals surface area contributed by atoms with Crippen LogP contribution in [-0.2, 0) is 9.59 Å². The van der Waals surface area contributed by atoms with Gasteiger partial charge in [0.05, 0.1) is 11.8 Å². The van der Waals surface area contributed by atoms with Crippen LogP contribution in [0.3, 0.4) is 0 Å². The van der Waals surface area contributed by atoms with Crippen molar-refractivity contribution in [2.75, 3.05) is 13.6 Å². The molecule has 0 aromatic heterocycles. The number of alkyl halides is 2. The van der Waals surface area contributed by atoms with Gasteiger partial charge in [-0.3, -0.25) is 9.59 Å². The van der Waals surface area contributed by atoms with Gasteiger partial charge in [0.25, 0.3) is 0 Å². The summed E-state index contributed by atoms with van der Waals surface area (Å²) in [4.78, 5) is 24.4. The van der Waals surface area contributed by atoms with Crippen molar-refractivity contribution < 1.29 is 28.5 Å². The molecule has 8 heteroatoms. The number of ketones is 2. The first-order valence-corrected chi connectivity index (χ1v) is 10.5. The number of halogens is 2. The number of fused-ring (bicyclic) bond motifs is 4. The fraction of sp³-hybridized carbons (Fsp3) is 0.364. The Morgan fingerprint density at radius 3 is 1.47 bits per heavy atom. The van der Waals surface area contributed by atoms with Crippen LogP contribution in [0.15, 0.2) is 36.4 Å². The van der Waals surface area contributed by atoms with Gasteiger partial charge in [-0.1, -0.05) is 12.1 Å². The minimum absolute atomic E-state index is 0.154. The van der Waals surface area contributed by atoms with Crippen LogP contribution >= 0.6 is 23.2 Å². The number of hydrogen-bond acceptors (Lipinski definition) is 6. The summed E-state index contributed by atoms with van der Waals surface area (Å²) in [6, 6.07) is 10.8. The van der Waals surface area contributed by atoms with Gasteiger partial charge in [-0.2, -0.15) is 0 Å². The zero-order chi connectivity index (χ0) is 20.4. The molecule has 2 aliphatic heterocycles. The number of benzene rings is 2. The van der Waals surface area contributed by atoms with Crippen LogP contribution in [-0.4, -0.2) is 34.9 Å². The van der Waals surface area contributed by atoms with Crippen LogP contribution in [0.4, 0.5) is 0 Å². The quantitative estimate of drug-likeness (QED) is 0.661. The molecule has 0 radical (unpaired) electrons. The molecule has 0 amide bonds. The van der Waals surface area contributed by atoms with E-state index in [1.807, 2.05) is 12.1 Å². The molecule has 152 valence electrons. The van der Waals surface area contributed by atoms with Crippen molar-refractivity contribution >= 4 is 34.8 Å². The van der Waals surface area contributed by atoms with Gasteiger partial charge in [0.15, 0.2) is 34.6 Å². The molecule has 3 fully saturated rings. The lowest BCUT2D eigenvalue weighted by Gasteiger charge is -2.16. The van der Waals surface area contributed by atoms with E-state index in [-0.39, 0.29) is 25.2 Å². The van der Waals surface area contributed by atoms with Gasteiger partial charge >= 0.3 is 0 Å². The van der Waals surface area contributed by atoms with Crippen LogP contribution in [0.2, 0.25) is 0 Å². The summed E-state index contributed by atoms with van der Waals surface area (Å²) in [5.41, 5.74) is 1.59. The van der Waals surface area contributed by atoms with Crippen molar-refractivity contribution in [2.24, 2.45) is 11.8 Å². The predicted molar refractivity (Wildman–Crippen MR) is 105 cm³/mol. The minimum atomic E-state index is -1.25. The topological polar surface area (TPSA) is 71.1 Å². The first-order chi connectivity index (χ1) is 14.5. The van der Waals surface area contributed by atoms with Crippen LogP contribution in [0.5, 0.6) is 23.0 Å². The molecule has 30 heavy (non-hydrogen) atoms. The third kappa shape index (κ3) is 1.84. The maximum atomic E-state index is 13.4. The zero-order valence-corrected chi connectivity index (χ0v) is 16.9. The monoisotopic (exact) mass is 444 g/mol. The van der Waals surface area contributed by atoms with E-state index in [9.17, 15) is 9.59 Å². The van der Waals surface area contributed by atoms with Gasteiger partial charge in [0, 0.05) is 11.8 Å². The smallest absolute Gasteiger partial charge is 0.231 e. The van der Waals surface area contributed by atoms with E-state index in [1.165, 1.54) is 0 Å². The van der Waals surface area contributed by atoms with Gasteiger partial charge in [0.2, 0.25) is 13.6 Å². The number of ether oxygens (including phenoxy) is 4. The number of Topliss-reactive ketones (excluding diaryl/α,β-unsaturated/α-hetero) is 2. The van der Waals surface area contributed by atoms with E-state index in [0.717, 1.165) is 11.1 Å². The number of carbonyl (C=O) groups excluding carboxylic acids is 2. The Morgan fingerprint density at radius 2 is 1.03 bits per heavy atom. The average Bonchev–Trinajstić information content (AvgIpc) is 3.32. The van der Waals surface area contributed by atoms with Crippen LogP contribution in [0.25, 0.3) is 0 Å². The van der Waals surface area contributed by atoms with Gasteiger partial charge < -0.3 is 18.9 Å². The summed E-state index contributed by atoms with van der Waals surface area (Å²) in [6.45, 7) is 0.307. The summed E-state index contributed by atoms with van der Waals surface area (Å²) < 4.78 is 21.6. The summed E-state index contributed by atoms with van der Waals surface area (Å²) >= 11 is 13.7. The Kier molecular flexibility index (Phi) is 3.01. The largest absolute Gasteiger partial charge is 0.454 e. The molecule has 6 atom stereocenters. The first-order valence-electron chi connectivity index (χ1n) is 9.71. The van der Waals surface area contributed by atoms with Crippen LogP contribution < -0.4 is 18.9 Å². The Hall–Kier alpha value is -2.44. The van der Waals surface area contributed by atoms with Crippen LogP contribution in [0.1, 0.15) is 23.0 Å². The molecular formula is C22H14Cl2O6. The van der Waals surface area contributed by atoms with E-state index >= 15 is 0 Å². The molecule has 3 saturated carbocycles. The first kappa shape index (κ1) is 17.3. The van der Waals surface area contributed by atoms with E-state index in [2.05, 4.69) is 0 Å². The number of rotatable bonds is 2. The fourth-order valence-electron chi connectivity index (χ4n) is 5.57. The third-order valence-electron chi connectivity index (χ3n) is 7.09. The number of hydrogen-bond donors (Lipinski definition) is 0. The lowest BCUT2D eigenvalue weighted by atomic mass is 9.97. The Labute approximate surface area is 180 Å². The molecule has 0 bridgehead atoms. The van der Waals surface area contributed by atoms with Crippen molar-refractivity contribution in [1.82, 2.24) is 0 Å². The molecule has 2 aromatic carbocycles. The Bertz CT molecular complexity index is 1090. The maximum absolute atomic E-state index is 13.4. The highest BCUT2D eigenvalue weighted by atomic mass is 35.5. The van der Waals surface area contributed by atoms with Crippen molar-refractivity contribution in [1.29, 1.82) is 0 Å². The standard InChI is InChI=1S/C22H14Cl2O6/c23-21-15(9-1-3-11-13(5-9)29-7-27-11)17(21)19(25)22(24)16(18(22)20(21)26)10-2-4-12-14(6-10)30-8-28-12/h1-6,15-18H,7-8H2/t15-,16+,17+,18-,21-,22+. The van der Waals surface area contributed by atoms with Gasteiger partial charge in [-0.15, -0.1) is 23.2 Å². The van der Waals surface area contributed by atoms with E-state index in [1.54, 1.807) is 24.3 Å². The molecule has 3 aliphatic carbocycles. The molecule has 2 aromatic rings. The minimum Gasteiger partial charge on any atom is -0.454 e. The molecule has 0 spiro atoms. The Balaban J connectivity index is 1.25. The normalized spacial score (nSPS) is 38.9. The third-order valence-corrected chi connectivity index (χ3v) is 8.40. The van der Waals surface area contributed by atoms with Crippen molar-refractivity contribution in [3.05, 3.63) is 47.5 Å². The summed E-state index contributed by atoms with van der Waals surface area (Å²) in [7, 11) is 0. The molecule has 2 heterocycles. The summed E-state index contributed by atoms with van der Waals surface area (Å²) in [5, 5.41) is 0. The highest BCUT2D eigenvalue weighted by Gasteiger charge is 2.88. The van der Waals surface area contributed by atoms with Crippen molar-refractivity contribution in [3.63, 3.8) is 0 Å². The van der Waals surface area contributed by atoms with Crippen molar-refractivity contribution in [3.8, 4) is 23.0 Å². The van der Waals surface area contributed by atoms with E-state index < -0.39 is 33.4 Å². The van der Waals surface area contributed by atoms with Crippen molar-refractivity contribution in [2.45, 2.75) is 21.6 Å². The Morgan fingerprint density at radius 1 is 0.633 bits per heavy atom. The fourth-order valence-corrected chi connectivity index (χ4v) is 6.64. The van der Waals surface area contributed by atoms with E-state index in [4.69, 9.17) is 42.1 Å². The second-order valence-corrected chi connectivity index (χ2v) is 9.65. The molecule has 0 saturated heterocycles. The summed E-state index contributed by atoms with van der Waals surface area (Å²) in [6.07, 6.45) is 0. The van der Waals surface area contributed by atoms with Gasteiger partial charge in [-0.25, -0.2) is 0 Å². The molecule has 5 aliphatic rings. The van der Waals surface area contributed by atoms with Gasteiger partial charge in [-0.05, 0) is 35.4 Å². The molecule has 0 N–H and O–H groups in total. The lowest BCUT2D eigenvalue weighted by molar-refractivity contribution is -0.129. The maximum Gasteiger partial charge on any atom is 0.231 e. The molecule has 0 unspecified atom stereocenters. The second kappa shape index (κ2) is 5.24. The summed E-state index contributed by atoms with van der Waals surface area (Å²) in [5.74, 6) is 0.0683. The van der Waals surface area contributed by atoms with E-state index in [0.29, 0.717) is 23.0 Å². The SMILES string of the molecule is O=C1[C@@H]2[C@@H](c3ccc4c(c3)OCO4)[C@]2(Cl)C(=O)[C@H]2[C@H](c3ccc4c(c3)OCO4)[C@@]12Cl. The van der Waals surface area contributed by atoms with Gasteiger partial charge in [0.1, 0.15) is 9.75 Å². The highest BCUT2D eigenvalue weighted by Crippen LogP contribution is 2.78. The number of carbonyl (C=O) groups is 2. The molecule has 6 nitrogen and oxygen atoms in total. The molecular weight excluding hydrogens is 431 g/mol. The molecule has 7 rings (SSSR count). The predicted octanol–water partition coefficient (Wildman–Crippen LogP) is 3.38. The average molecular weight is 445 g/mol.